The van der Waals surface area contributed by atoms with E-state index in [0.29, 0.717) is 13.1 Å². The van der Waals surface area contributed by atoms with Gasteiger partial charge in [0, 0.05) is 24.0 Å². The van der Waals surface area contributed by atoms with Crippen molar-refractivity contribution in [2.24, 2.45) is 11.0 Å². The first-order valence-corrected chi connectivity index (χ1v) is 8.81. The minimum absolute atomic E-state index is 0.000826. The number of carbonyl (C=O) groups excluding carboxylic acids is 2. The summed E-state index contributed by atoms with van der Waals surface area (Å²) >= 11 is 3.37. The van der Waals surface area contributed by atoms with Gasteiger partial charge in [-0.3, -0.25) is 9.59 Å². The number of nitrogens with one attached hydrogen (secondary N) is 1. The molecular weight excluding hydrogens is 382 g/mol. The maximum Gasteiger partial charge on any atom is 0.245 e. The van der Waals surface area contributed by atoms with Crippen molar-refractivity contribution in [2.75, 3.05) is 6.54 Å². The highest BCUT2D eigenvalue weighted by atomic mass is 79.9. The highest BCUT2D eigenvalue weighted by Gasteiger charge is 2.34. The number of nitrogens with zero attached hydrogens (tertiary/aromatic N) is 2. The SMILES string of the molecule is O=C(N/N=C/c1ccc(Br)cc1)C1CC(=O)N(Cc2ccccc2)C1. The number of hydrogen-bond acceptors (Lipinski definition) is 3. The first-order valence-electron chi connectivity index (χ1n) is 8.02. The van der Waals surface area contributed by atoms with Gasteiger partial charge in [0.1, 0.15) is 0 Å². The van der Waals surface area contributed by atoms with E-state index >= 15 is 0 Å². The second-order valence-electron chi connectivity index (χ2n) is 5.95. The molecule has 1 atom stereocenters. The van der Waals surface area contributed by atoms with Gasteiger partial charge in [-0.25, -0.2) is 5.43 Å². The Bertz CT molecular complexity index is 775. The summed E-state index contributed by atoms with van der Waals surface area (Å²) in [5, 5.41) is 3.98. The van der Waals surface area contributed by atoms with Crippen molar-refractivity contribution in [1.82, 2.24) is 10.3 Å². The van der Waals surface area contributed by atoms with E-state index in [0.717, 1.165) is 15.6 Å². The molecule has 0 spiro atoms. The predicted molar refractivity (Wildman–Crippen MR) is 99.8 cm³/mol. The van der Waals surface area contributed by atoms with Gasteiger partial charge in [-0.05, 0) is 23.3 Å². The van der Waals surface area contributed by atoms with Crippen LogP contribution in [0.4, 0.5) is 0 Å². The zero-order valence-corrected chi connectivity index (χ0v) is 15.1. The highest BCUT2D eigenvalue weighted by Crippen LogP contribution is 2.20. The summed E-state index contributed by atoms with van der Waals surface area (Å²) in [5.41, 5.74) is 4.48. The summed E-state index contributed by atoms with van der Waals surface area (Å²) in [4.78, 5) is 26.1. The lowest BCUT2D eigenvalue weighted by Crippen LogP contribution is -2.30. The van der Waals surface area contributed by atoms with Gasteiger partial charge in [0.2, 0.25) is 11.8 Å². The van der Waals surface area contributed by atoms with Crippen LogP contribution in [-0.4, -0.2) is 29.5 Å². The van der Waals surface area contributed by atoms with Gasteiger partial charge in [0.25, 0.3) is 0 Å². The number of hydrogen-bond donors (Lipinski definition) is 1. The van der Waals surface area contributed by atoms with Crippen LogP contribution in [0.5, 0.6) is 0 Å². The molecule has 2 amide bonds. The number of hydrazone groups is 1. The van der Waals surface area contributed by atoms with Gasteiger partial charge in [0.15, 0.2) is 0 Å². The minimum atomic E-state index is -0.363. The van der Waals surface area contributed by atoms with Crippen LogP contribution in [0.25, 0.3) is 0 Å². The summed E-state index contributed by atoms with van der Waals surface area (Å²) in [7, 11) is 0. The lowest BCUT2D eigenvalue weighted by atomic mass is 10.1. The van der Waals surface area contributed by atoms with Crippen molar-refractivity contribution in [3.8, 4) is 0 Å². The van der Waals surface area contributed by atoms with E-state index < -0.39 is 0 Å². The molecule has 3 rings (SSSR count). The fourth-order valence-corrected chi connectivity index (χ4v) is 2.98. The third kappa shape index (κ3) is 4.76. The summed E-state index contributed by atoms with van der Waals surface area (Å²) in [6, 6.07) is 17.4. The Hall–Kier alpha value is -2.47. The third-order valence-electron chi connectivity index (χ3n) is 4.06. The van der Waals surface area contributed by atoms with Gasteiger partial charge in [-0.2, -0.15) is 5.10 Å². The molecule has 0 aromatic heterocycles. The molecule has 128 valence electrons. The number of carbonyl (C=O) groups is 2. The van der Waals surface area contributed by atoms with Crippen molar-refractivity contribution in [2.45, 2.75) is 13.0 Å². The maximum absolute atomic E-state index is 12.2. The first-order chi connectivity index (χ1) is 12.1. The average Bonchev–Trinajstić information content (AvgIpc) is 2.98. The van der Waals surface area contributed by atoms with E-state index in [1.165, 1.54) is 0 Å². The van der Waals surface area contributed by atoms with Crippen LogP contribution in [0, 0.1) is 5.92 Å². The lowest BCUT2D eigenvalue weighted by Gasteiger charge is -2.16. The Balaban J connectivity index is 1.53. The number of benzene rings is 2. The molecule has 1 unspecified atom stereocenters. The predicted octanol–water partition coefficient (Wildman–Crippen LogP) is 2.95. The topological polar surface area (TPSA) is 61.8 Å². The Morgan fingerprint density at radius 3 is 2.64 bits per heavy atom. The summed E-state index contributed by atoms with van der Waals surface area (Å²) < 4.78 is 0.983. The first kappa shape index (κ1) is 17.4. The molecule has 1 aliphatic rings. The molecule has 1 saturated heterocycles. The Morgan fingerprint density at radius 1 is 1.20 bits per heavy atom. The monoisotopic (exact) mass is 399 g/mol. The van der Waals surface area contributed by atoms with Crippen molar-refractivity contribution in [1.29, 1.82) is 0 Å². The molecule has 1 heterocycles. The van der Waals surface area contributed by atoms with Gasteiger partial charge in [0.05, 0.1) is 12.1 Å². The van der Waals surface area contributed by atoms with Gasteiger partial charge < -0.3 is 4.90 Å². The van der Waals surface area contributed by atoms with Crippen LogP contribution >= 0.6 is 15.9 Å². The quantitative estimate of drug-likeness (QED) is 0.620. The molecule has 5 nitrogen and oxygen atoms in total. The second-order valence-corrected chi connectivity index (χ2v) is 6.86. The average molecular weight is 400 g/mol. The van der Waals surface area contributed by atoms with Gasteiger partial charge >= 0.3 is 0 Å². The van der Waals surface area contributed by atoms with E-state index in [4.69, 9.17) is 0 Å². The number of likely N-dealkylation sites (tertiary alicyclic amines) is 1. The molecule has 1 N–H and O–H groups in total. The van der Waals surface area contributed by atoms with Gasteiger partial charge in [-0.15, -0.1) is 0 Å². The molecule has 0 aliphatic carbocycles. The number of amides is 2. The fraction of sp³-hybridized carbons (Fsp3) is 0.211. The second kappa shape index (κ2) is 8.07. The molecular formula is C19H18BrN3O2. The smallest absolute Gasteiger partial charge is 0.245 e. The molecule has 2 aromatic carbocycles. The maximum atomic E-state index is 12.2. The third-order valence-corrected chi connectivity index (χ3v) is 4.59. The van der Waals surface area contributed by atoms with Crippen molar-refractivity contribution in [3.63, 3.8) is 0 Å². The molecule has 2 aromatic rings. The fourth-order valence-electron chi connectivity index (χ4n) is 2.71. The zero-order chi connectivity index (χ0) is 17.6. The normalized spacial score (nSPS) is 17.2. The lowest BCUT2D eigenvalue weighted by molar-refractivity contribution is -0.129. The van der Waals surface area contributed by atoms with E-state index in [1.807, 2.05) is 54.6 Å². The zero-order valence-electron chi connectivity index (χ0n) is 13.6. The number of rotatable bonds is 5. The standard InChI is InChI=1S/C19H18BrN3O2/c20-17-8-6-14(7-9-17)11-21-22-19(25)16-10-18(24)23(13-16)12-15-4-2-1-3-5-15/h1-9,11,16H,10,12-13H2,(H,22,25)/b21-11+. The van der Waals surface area contributed by atoms with E-state index in [2.05, 4.69) is 26.5 Å². The van der Waals surface area contributed by atoms with E-state index in [-0.39, 0.29) is 24.2 Å². The summed E-state index contributed by atoms with van der Waals surface area (Å²) in [5.74, 6) is -0.587. The summed E-state index contributed by atoms with van der Waals surface area (Å²) in [6.07, 6.45) is 1.81. The van der Waals surface area contributed by atoms with Crippen molar-refractivity contribution < 1.29 is 9.59 Å². The Labute approximate surface area is 154 Å². The summed E-state index contributed by atoms with van der Waals surface area (Å²) in [6.45, 7) is 0.957. The largest absolute Gasteiger partial charge is 0.338 e. The van der Waals surface area contributed by atoms with Crippen molar-refractivity contribution >= 4 is 34.0 Å². The molecule has 0 radical (unpaired) electrons. The highest BCUT2D eigenvalue weighted by molar-refractivity contribution is 9.10. The van der Waals surface area contributed by atoms with E-state index in [9.17, 15) is 9.59 Å². The minimum Gasteiger partial charge on any atom is -0.338 e. The van der Waals surface area contributed by atoms with Crippen LogP contribution < -0.4 is 5.43 Å². The Morgan fingerprint density at radius 2 is 1.92 bits per heavy atom. The molecule has 25 heavy (non-hydrogen) atoms. The molecule has 1 aliphatic heterocycles. The van der Waals surface area contributed by atoms with Crippen LogP contribution in [-0.2, 0) is 16.1 Å². The molecule has 0 bridgehead atoms. The van der Waals surface area contributed by atoms with Crippen molar-refractivity contribution in [3.05, 3.63) is 70.2 Å². The van der Waals surface area contributed by atoms with Crippen LogP contribution in [0.3, 0.4) is 0 Å². The molecule has 1 fully saturated rings. The molecule has 6 heteroatoms. The Kier molecular flexibility index (Phi) is 5.60. The van der Waals surface area contributed by atoms with E-state index in [1.54, 1.807) is 11.1 Å². The van der Waals surface area contributed by atoms with Crippen LogP contribution in [0.2, 0.25) is 0 Å². The number of halogens is 1. The molecule has 0 saturated carbocycles. The van der Waals surface area contributed by atoms with Crippen LogP contribution in [0.1, 0.15) is 17.5 Å². The van der Waals surface area contributed by atoms with Crippen LogP contribution in [0.15, 0.2) is 64.2 Å². The van der Waals surface area contributed by atoms with Gasteiger partial charge in [-0.1, -0.05) is 58.4 Å².